The van der Waals surface area contributed by atoms with Gasteiger partial charge in [0.2, 0.25) is 10.0 Å². The number of rotatable bonds is 8. The molecule has 2 rings (SSSR count). The lowest BCUT2D eigenvalue weighted by atomic mass is 10.1. The summed E-state index contributed by atoms with van der Waals surface area (Å²) in [5, 5.41) is 6.40. The van der Waals surface area contributed by atoms with E-state index in [1.807, 2.05) is 13.8 Å². The van der Waals surface area contributed by atoms with Gasteiger partial charge in [-0.1, -0.05) is 12.1 Å². The van der Waals surface area contributed by atoms with Gasteiger partial charge in [-0.25, -0.2) is 13.1 Å². The first-order valence-electron chi connectivity index (χ1n) is 8.37. The summed E-state index contributed by atoms with van der Waals surface area (Å²) in [6.45, 7) is 5.14. The number of halogens is 1. The maximum atomic E-state index is 12.1. The number of nitrogens with one attached hydrogen (secondary N) is 3. The number of sulfonamides is 1. The first-order chi connectivity index (χ1) is 11.8. The van der Waals surface area contributed by atoms with Gasteiger partial charge in [-0.3, -0.25) is 4.99 Å². The topological polar surface area (TPSA) is 91.8 Å². The van der Waals surface area contributed by atoms with Crippen molar-refractivity contribution in [2.75, 3.05) is 20.7 Å². The Labute approximate surface area is 173 Å². The van der Waals surface area contributed by atoms with Crippen LogP contribution in [0.1, 0.15) is 32.3 Å². The normalized spacial score (nSPS) is 15.3. The summed E-state index contributed by atoms with van der Waals surface area (Å²) in [4.78, 5) is 4.47. The minimum absolute atomic E-state index is 0. The first kappa shape index (κ1) is 23.1. The molecule has 0 aromatic heterocycles. The Morgan fingerprint density at radius 3 is 2.35 bits per heavy atom. The van der Waals surface area contributed by atoms with Crippen LogP contribution in [-0.4, -0.2) is 46.7 Å². The molecule has 1 fully saturated rings. The molecule has 1 aliphatic carbocycles. The Morgan fingerprint density at radius 1 is 1.23 bits per heavy atom. The maximum Gasteiger partial charge on any atom is 0.240 e. The Kier molecular flexibility index (Phi) is 8.77. The molecule has 0 aliphatic heterocycles. The number of hydrogen-bond acceptors (Lipinski definition) is 4. The van der Waals surface area contributed by atoms with Gasteiger partial charge in [0, 0.05) is 33.3 Å². The molecule has 3 N–H and O–H groups in total. The number of ether oxygens (including phenoxy) is 1. The van der Waals surface area contributed by atoms with Crippen molar-refractivity contribution in [3.63, 3.8) is 0 Å². The molecule has 0 radical (unpaired) electrons. The van der Waals surface area contributed by atoms with Crippen LogP contribution in [0.2, 0.25) is 0 Å². The molecule has 7 nitrogen and oxygen atoms in total. The van der Waals surface area contributed by atoms with E-state index in [1.165, 1.54) is 0 Å². The molecule has 1 saturated carbocycles. The lowest BCUT2D eigenvalue weighted by molar-refractivity contribution is 0.0268. The SMILES string of the molecule is CN=C(NCc1ccc(S(=O)(=O)NC2CC2)cc1)NCC(C)(C)OC.I. The zero-order valence-corrected chi connectivity index (χ0v) is 18.9. The quantitative estimate of drug-likeness (QED) is 0.290. The highest BCUT2D eigenvalue weighted by Crippen LogP contribution is 2.22. The Hall–Kier alpha value is -0.910. The summed E-state index contributed by atoms with van der Waals surface area (Å²) in [5.41, 5.74) is 0.682. The largest absolute Gasteiger partial charge is 0.377 e. The van der Waals surface area contributed by atoms with E-state index in [2.05, 4.69) is 20.3 Å². The second-order valence-corrected chi connectivity index (χ2v) is 8.50. The predicted octanol–water partition coefficient (Wildman–Crippen LogP) is 1.84. The Bertz CT molecular complexity index is 701. The molecule has 0 unspecified atom stereocenters. The molecule has 0 amide bonds. The minimum atomic E-state index is -3.40. The van der Waals surface area contributed by atoms with E-state index in [0.717, 1.165) is 18.4 Å². The summed E-state index contributed by atoms with van der Waals surface area (Å²) in [5.74, 6) is 0.664. The molecule has 0 heterocycles. The maximum absolute atomic E-state index is 12.1. The zero-order valence-electron chi connectivity index (χ0n) is 15.7. The number of benzene rings is 1. The number of aliphatic imine (C=N–C) groups is 1. The lowest BCUT2D eigenvalue weighted by Crippen LogP contribution is -2.45. The van der Waals surface area contributed by atoms with Gasteiger partial charge >= 0.3 is 0 Å². The lowest BCUT2D eigenvalue weighted by Gasteiger charge is -2.24. The molecule has 1 aliphatic rings. The number of hydrogen-bond donors (Lipinski definition) is 3. The van der Waals surface area contributed by atoms with Crippen LogP contribution in [-0.2, 0) is 21.3 Å². The van der Waals surface area contributed by atoms with Crippen LogP contribution in [0.15, 0.2) is 34.2 Å². The summed E-state index contributed by atoms with van der Waals surface area (Å²) < 4.78 is 32.3. The summed E-state index contributed by atoms with van der Waals surface area (Å²) in [7, 11) is -0.0231. The van der Waals surface area contributed by atoms with Gasteiger partial charge in [0.05, 0.1) is 10.5 Å². The molecule has 148 valence electrons. The monoisotopic (exact) mass is 496 g/mol. The molecule has 9 heteroatoms. The Morgan fingerprint density at radius 2 is 1.85 bits per heavy atom. The van der Waals surface area contributed by atoms with Crippen molar-refractivity contribution in [1.82, 2.24) is 15.4 Å². The van der Waals surface area contributed by atoms with Gasteiger partial charge in [0.1, 0.15) is 0 Å². The number of guanidine groups is 1. The third-order valence-corrected chi connectivity index (χ3v) is 5.59. The van der Waals surface area contributed by atoms with Crippen molar-refractivity contribution >= 4 is 40.0 Å². The van der Waals surface area contributed by atoms with E-state index in [4.69, 9.17) is 4.74 Å². The van der Waals surface area contributed by atoms with Gasteiger partial charge < -0.3 is 15.4 Å². The van der Waals surface area contributed by atoms with Gasteiger partial charge in [-0.2, -0.15) is 0 Å². The summed E-state index contributed by atoms with van der Waals surface area (Å²) in [6.07, 6.45) is 1.85. The van der Waals surface area contributed by atoms with Crippen molar-refractivity contribution in [3.8, 4) is 0 Å². The van der Waals surface area contributed by atoms with Crippen LogP contribution in [0.5, 0.6) is 0 Å². The average Bonchev–Trinajstić information content (AvgIpc) is 3.38. The third kappa shape index (κ3) is 7.37. The second kappa shape index (κ2) is 9.86. The highest BCUT2D eigenvalue weighted by atomic mass is 127. The molecule has 0 saturated heterocycles. The zero-order chi connectivity index (χ0) is 18.5. The third-order valence-electron chi connectivity index (χ3n) is 4.05. The highest BCUT2D eigenvalue weighted by molar-refractivity contribution is 14.0. The van der Waals surface area contributed by atoms with Crippen LogP contribution in [0, 0.1) is 0 Å². The molecule has 0 bridgehead atoms. The van der Waals surface area contributed by atoms with Crippen LogP contribution in [0.3, 0.4) is 0 Å². The van der Waals surface area contributed by atoms with Gasteiger partial charge in [0.25, 0.3) is 0 Å². The highest BCUT2D eigenvalue weighted by Gasteiger charge is 2.27. The summed E-state index contributed by atoms with van der Waals surface area (Å²) >= 11 is 0. The fourth-order valence-electron chi connectivity index (χ4n) is 2.05. The van der Waals surface area contributed by atoms with E-state index < -0.39 is 10.0 Å². The first-order valence-corrected chi connectivity index (χ1v) is 9.85. The smallest absolute Gasteiger partial charge is 0.240 e. The fourth-order valence-corrected chi connectivity index (χ4v) is 3.36. The van der Waals surface area contributed by atoms with Crippen molar-refractivity contribution < 1.29 is 13.2 Å². The number of methoxy groups -OCH3 is 1. The van der Waals surface area contributed by atoms with E-state index in [1.54, 1.807) is 38.4 Å². The average molecular weight is 496 g/mol. The molecule has 26 heavy (non-hydrogen) atoms. The fraction of sp³-hybridized carbons (Fsp3) is 0.588. The van der Waals surface area contributed by atoms with Crippen LogP contribution < -0.4 is 15.4 Å². The molecule has 0 atom stereocenters. The van der Waals surface area contributed by atoms with E-state index in [-0.39, 0.29) is 35.6 Å². The van der Waals surface area contributed by atoms with Crippen LogP contribution in [0.4, 0.5) is 0 Å². The van der Waals surface area contributed by atoms with Crippen molar-refractivity contribution in [2.24, 2.45) is 4.99 Å². The molecular weight excluding hydrogens is 467 g/mol. The van der Waals surface area contributed by atoms with E-state index >= 15 is 0 Å². The molecule has 0 spiro atoms. The number of nitrogens with zero attached hydrogens (tertiary/aromatic N) is 1. The van der Waals surface area contributed by atoms with Crippen LogP contribution >= 0.6 is 24.0 Å². The summed E-state index contributed by atoms with van der Waals surface area (Å²) in [6, 6.07) is 6.98. The minimum Gasteiger partial charge on any atom is -0.377 e. The van der Waals surface area contributed by atoms with Crippen LogP contribution in [0.25, 0.3) is 0 Å². The molecule has 1 aromatic rings. The standard InChI is InChI=1S/C17H28N4O3S.HI/c1-17(2,24-4)12-20-16(18-3)19-11-13-5-9-15(10-6-13)25(22,23)21-14-7-8-14;/h5-6,9-10,14,21H,7-8,11-12H2,1-4H3,(H2,18,19,20);1H. The van der Waals surface area contributed by atoms with Crippen molar-refractivity contribution in [2.45, 2.75) is 49.8 Å². The van der Waals surface area contributed by atoms with Gasteiger partial charge in [-0.05, 0) is 44.4 Å². The molecule has 1 aromatic carbocycles. The van der Waals surface area contributed by atoms with Crippen molar-refractivity contribution in [1.29, 1.82) is 0 Å². The Balaban J connectivity index is 0.00000338. The van der Waals surface area contributed by atoms with E-state index in [0.29, 0.717) is 23.9 Å². The van der Waals surface area contributed by atoms with E-state index in [9.17, 15) is 8.42 Å². The predicted molar refractivity (Wildman–Crippen MR) is 114 cm³/mol. The van der Waals surface area contributed by atoms with Gasteiger partial charge in [0.15, 0.2) is 5.96 Å². The van der Waals surface area contributed by atoms with Gasteiger partial charge in [-0.15, -0.1) is 24.0 Å². The van der Waals surface area contributed by atoms with Crippen molar-refractivity contribution in [3.05, 3.63) is 29.8 Å². The molecular formula is C17H29IN4O3S. The second-order valence-electron chi connectivity index (χ2n) is 6.78.